The summed E-state index contributed by atoms with van der Waals surface area (Å²) in [5, 5.41) is 11.9. The van der Waals surface area contributed by atoms with E-state index in [1.165, 1.54) is 0 Å². The molecule has 0 aromatic heterocycles. The Kier molecular flexibility index (Phi) is 6.51. The zero-order valence-corrected chi connectivity index (χ0v) is 16.4. The molecule has 0 spiro atoms. The number of nitrogens with one attached hydrogen (secondary N) is 1. The quantitative estimate of drug-likeness (QED) is 0.836. The van der Waals surface area contributed by atoms with E-state index in [9.17, 15) is 4.79 Å². The first-order chi connectivity index (χ1) is 13.6. The molecule has 1 saturated heterocycles. The van der Waals surface area contributed by atoms with Gasteiger partial charge >= 0.3 is 0 Å². The monoisotopic (exact) mass is 378 g/mol. The third-order valence-electron chi connectivity index (χ3n) is 5.01. The summed E-state index contributed by atoms with van der Waals surface area (Å²) in [4.78, 5) is 17.1. The lowest BCUT2D eigenvalue weighted by molar-refractivity contribution is -0.120. The number of rotatable bonds is 6. The van der Waals surface area contributed by atoms with E-state index in [0.29, 0.717) is 17.9 Å². The van der Waals surface area contributed by atoms with E-state index in [1.54, 1.807) is 24.3 Å². The normalized spacial score (nSPS) is 15.5. The minimum Gasteiger partial charge on any atom is -0.492 e. The number of ether oxygens (including phenoxy) is 1. The largest absolute Gasteiger partial charge is 0.492 e. The highest BCUT2D eigenvalue weighted by atomic mass is 16.5. The first-order valence-electron chi connectivity index (χ1n) is 9.64. The Morgan fingerprint density at radius 3 is 2.64 bits per heavy atom. The minimum absolute atomic E-state index is 0.0572. The molecule has 0 aliphatic carbocycles. The fourth-order valence-electron chi connectivity index (χ4n) is 3.43. The highest BCUT2D eigenvalue weighted by Crippen LogP contribution is 2.29. The highest BCUT2D eigenvalue weighted by Gasteiger charge is 2.26. The van der Waals surface area contributed by atoms with Gasteiger partial charge in [0.2, 0.25) is 5.91 Å². The topological polar surface area (TPSA) is 68.6 Å². The smallest absolute Gasteiger partial charge is 0.241 e. The maximum absolute atomic E-state index is 12.6. The minimum atomic E-state index is -0.241. The van der Waals surface area contributed by atoms with Crippen molar-refractivity contribution in [1.82, 2.24) is 4.90 Å². The number of benzene rings is 2. The molecule has 0 saturated carbocycles. The predicted octanol–water partition coefficient (Wildman–Crippen LogP) is 3.11. The molecule has 6 nitrogen and oxygen atoms in total. The number of nitrogens with zero attached hydrogens (tertiary/aromatic N) is 3. The fraction of sp³-hybridized carbons (Fsp3) is 0.364. The second-order valence-corrected chi connectivity index (χ2v) is 6.78. The van der Waals surface area contributed by atoms with Gasteiger partial charge in [0.05, 0.1) is 30.0 Å². The summed E-state index contributed by atoms with van der Waals surface area (Å²) in [6.07, 6.45) is 0. The average Bonchev–Trinajstić information content (AvgIpc) is 2.74. The van der Waals surface area contributed by atoms with Crippen LogP contribution in [0.15, 0.2) is 48.5 Å². The van der Waals surface area contributed by atoms with Crippen LogP contribution in [-0.4, -0.2) is 49.6 Å². The number of anilines is 2. The lowest BCUT2D eigenvalue weighted by Crippen LogP contribution is -2.52. The molecule has 28 heavy (non-hydrogen) atoms. The number of nitriles is 1. The maximum atomic E-state index is 12.6. The van der Waals surface area contributed by atoms with Crippen molar-refractivity contribution in [3.63, 3.8) is 0 Å². The van der Waals surface area contributed by atoms with Gasteiger partial charge < -0.3 is 15.0 Å². The number of piperazine rings is 1. The van der Waals surface area contributed by atoms with Gasteiger partial charge in [0.1, 0.15) is 5.75 Å². The Labute approximate surface area is 166 Å². The molecule has 1 amide bonds. The van der Waals surface area contributed by atoms with Crippen molar-refractivity contribution in [3.05, 3.63) is 54.1 Å². The second-order valence-electron chi connectivity index (χ2n) is 6.78. The number of carbonyl (C=O) groups is 1. The first kappa shape index (κ1) is 19.7. The van der Waals surface area contributed by atoms with E-state index in [-0.39, 0.29) is 11.9 Å². The van der Waals surface area contributed by atoms with Crippen molar-refractivity contribution < 1.29 is 9.53 Å². The summed E-state index contributed by atoms with van der Waals surface area (Å²) in [6, 6.07) is 16.9. The van der Waals surface area contributed by atoms with Gasteiger partial charge in [0.15, 0.2) is 0 Å². The van der Waals surface area contributed by atoms with Crippen LogP contribution in [0.2, 0.25) is 0 Å². The van der Waals surface area contributed by atoms with E-state index in [0.717, 1.165) is 37.6 Å². The average molecular weight is 378 g/mol. The van der Waals surface area contributed by atoms with Gasteiger partial charge in [0.25, 0.3) is 0 Å². The SMILES string of the molecule is CCOc1ccccc1N1CCN([C@@H](C)C(=O)Nc2cccc(C#N)c2)CC1. The van der Waals surface area contributed by atoms with Gasteiger partial charge in [-0.2, -0.15) is 5.26 Å². The highest BCUT2D eigenvalue weighted by molar-refractivity contribution is 5.94. The molecular weight excluding hydrogens is 352 g/mol. The standard InChI is InChI=1S/C22H26N4O2/c1-3-28-21-10-5-4-9-20(21)26-13-11-25(12-14-26)17(2)22(27)24-19-8-6-7-18(15-19)16-23/h4-10,15,17H,3,11-14H2,1-2H3,(H,24,27)/t17-/m0/s1. The van der Waals surface area contributed by atoms with Crippen LogP contribution in [0.5, 0.6) is 5.75 Å². The molecule has 3 rings (SSSR count). The van der Waals surface area contributed by atoms with Crippen LogP contribution in [0, 0.1) is 11.3 Å². The molecule has 2 aromatic carbocycles. The van der Waals surface area contributed by atoms with Crippen molar-refractivity contribution in [2.45, 2.75) is 19.9 Å². The van der Waals surface area contributed by atoms with Gasteiger partial charge in [-0.1, -0.05) is 18.2 Å². The Hall–Kier alpha value is -3.04. The van der Waals surface area contributed by atoms with Gasteiger partial charge in [-0.05, 0) is 44.2 Å². The lowest BCUT2D eigenvalue weighted by atomic mass is 10.1. The van der Waals surface area contributed by atoms with Crippen LogP contribution < -0.4 is 15.0 Å². The van der Waals surface area contributed by atoms with Crippen LogP contribution in [-0.2, 0) is 4.79 Å². The van der Waals surface area contributed by atoms with Crippen LogP contribution >= 0.6 is 0 Å². The zero-order valence-electron chi connectivity index (χ0n) is 16.4. The van der Waals surface area contributed by atoms with Crippen molar-refractivity contribution in [3.8, 4) is 11.8 Å². The second kappa shape index (κ2) is 9.25. The number of amides is 1. The maximum Gasteiger partial charge on any atom is 0.241 e. The van der Waals surface area contributed by atoms with Gasteiger partial charge in [-0.25, -0.2) is 0 Å². The molecule has 146 valence electrons. The van der Waals surface area contributed by atoms with E-state index in [4.69, 9.17) is 10.00 Å². The molecule has 0 unspecified atom stereocenters. The number of para-hydroxylation sites is 2. The zero-order chi connectivity index (χ0) is 19.9. The number of carbonyl (C=O) groups excluding carboxylic acids is 1. The third kappa shape index (κ3) is 4.62. The Bertz CT molecular complexity index is 854. The molecule has 1 aliphatic rings. The van der Waals surface area contributed by atoms with Crippen LogP contribution in [0.25, 0.3) is 0 Å². The molecule has 1 heterocycles. The van der Waals surface area contributed by atoms with Crippen LogP contribution in [0.4, 0.5) is 11.4 Å². The molecule has 6 heteroatoms. The molecule has 1 atom stereocenters. The van der Waals surface area contributed by atoms with Crippen molar-refractivity contribution in [1.29, 1.82) is 5.26 Å². The molecule has 1 N–H and O–H groups in total. The van der Waals surface area contributed by atoms with E-state index in [2.05, 4.69) is 27.3 Å². The summed E-state index contributed by atoms with van der Waals surface area (Å²) in [5.74, 6) is 0.847. The summed E-state index contributed by atoms with van der Waals surface area (Å²) < 4.78 is 5.75. The summed E-state index contributed by atoms with van der Waals surface area (Å²) in [5.41, 5.74) is 2.29. The lowest BCUT2D eigenvalue weighted by Gasteiger charge is -2.39. The van der Waals surface area contributed by atoms with Crippen LogP contribution in [0.3, 0.4) is 0 Å². The van der Waals surface area contributed by atoms with E-state index < -0.39 is 0 Å². The van der Waals surface area contributed by atoms with Crippen LogP contribution in [0.1, 0.15) is 19.4 Å². The molecule has 1 aliphatic heterocycles. The predicted molar refractivity (Wildman–Crippen MR) is 111 cm³/mol. The van der Waals surface area contributed by atoms with Crippen molar-refractivity contribution in [2.24, 2.45) is 0 Å². The molecule has 0 radical (unpaired) electrons. The Morgan fingerprint density at radius 1 is 1.18 bits per heavy atom. The molecular formula is C22H26N4O2. The number of hydrogen-bond acceptors (Lipinski definition) is 5. The van der Waals surface area contributed by atoms with Crippen molar-refractivity contribution >= 4 is 17.3 Å². The first-order valence-corrected chi connectivity index (χ1v) is 9.64. The Morgan fingerprint density at radius 2 is 1.93 bits per heavy atom. The third-order valence-corrected chi connectivity index (χ3v) is 5.01. The van der Waals surface area contributed by atoms with Gasteiger partial charge in [-0.3, -0.25) is 9.69 Å². The van der Waals surface area contributed by atoms with Gasteiger partial charge in [-0.15, -0.1) is 0 Å². The molecule has 1 fully saturated rings. The summed E-state index contributed by atoms with van der Waals surface area (Å²) >= 11 is 0. The summed E-state index contributed by atoms with van der Waals surface area (Å²) in [6.45, 7) is 7.83. The van der Waals surface area contributed by atoms with E-state index in [1.807, 2.05) is 32.0 Å². The number of hydrogen-bond donors (Lipinski definition) is 1. The van der Waals surface area contributed by atoms with Crippen molar-refractivity contribution in [2.75, 3.05) is 43.0 Å². The fourth-order valence-corrected chi connectivity index (χ4v) is 3.43. The summed E-state index contributed by atoms with van der Waals surface area (Å²) in [7, 11) is 0. The Balaban J connectivity index is 1.58. The molecule has 0 bridgehead atoms. The van der Waals surface area contributed by atoms with E-state index >= 15 is 0 Å². The van der Waals surface area contributed by atoms with Gasteiger partial charge in [0, 0.05) is 31.9 Å². The molecule has 2 aromatic rings.